The Morgan fingerprint density at radius 3 is 3.00 bits per heavy atom. The molecule has 0 saturated carbocycles. The van der Waals surface area contributed by atoms with Crippen molar-refractivity contribution >= 4 is 27.0 Å². The third-order valence-corrected chi connectivity index (χ3v) is 2.64. The standard InChI is InChI=1S/C9H7BrN2O/c1-5-7(10)4-6-8(13)2-3-11-9(6)12-5/h2-4H,1H3,(H,11,12,13). The molecule has 2 heterocycles. The molecular formula is C9H7BrN2O. The van der Waals surface area contributed by atoms with Crippen LogP contribution < -0.4 is 0 Å². The molecule has 0 spiro atoms. The van der Waals surface area contributed by atoms with Gasteiger partial charge in [0.25, 0.3) is 0 Å². The normalized spacial score (nSPS) is 10.6. The van der Waals surface area contributed by atoms with Crippen LogP contribution in [0.2, 0.25) is 0 Å². The molecule has 0 saturated heterocycles. The fraction of sp³-hybridized carbons (Fsp3) is 0.111. The van der Waals surface area contributed by atoms with E-state index in [0.29, 0.717) is 11.0 Å². The monoisotopic (exact) mass is 238 g/mol. The maximum Gasteiger partial charge on any atom is 0.163 e. The highest BCUT2D eigenvalue weighted by Gasteiger charge is 2.04. The van der Waals surface area contributed by atoms with Crippen molar-refractivity contribution < 1.29 is 5.11 Å². The number of aryl methyl sites for hydroxylation is 1. The molecule has 2 aromatic heterocycles. The van der Waals surface area contributed by atoms with Crippen LogP contribution in [-0.4, -0.2) is 15.1 Å². The lowest BCUT2D eigenvalue weighted by molar-refractivity contribution is 0.481. The van der Waals surface area contributed by atoms with Gasteiger partial charge in [0.2, 0.25) is 0 Å². The van der Waals surface area contributed by atoms with E-state index in [9.17, 15) is 5.11 Å². The smallest absolute Gasteiger partial charge is 0.163 e. The van der Waals surface area contributed by atoms with E-state index in [-0.39, 0.29) is 5.75 Å². The number of fused-ring (bicyclic) bond motifs is 1. The number of hydrogen-bond donors (Lipinski definition) is 1. The third kappa shape index (κ3) is 1.37. The van der Waals surface area contributed by atoms with Crippen molar-refractivity contribution in [1.82, 2.24) is 9.97 Å². The van der Waals surface area contributed by atoms with E-state index < -0.39 is 0 Å². The van der Waals surface area contributed by atoms with Crippen molar-refractivity contribution in [3.63, 3.8) is 0 Å². The number of aromatic hydroxyl groups is 1. The first-order valence-corrected chi connectivity index (χ1v) is 4.58. The van der Waals surface area contributed by atoms with Crippen molar-refractivity contribution in [2.75, 3.05) is 0 Å². The van der Waals surface area contributed by atoms with E-state index in [0.717, 1.165) is 10.2 Å². The van der Waals surface area contributed by atoms with Gasteiger partial charge in [0.1, 0.15) is 5.75 Å². The fourth-order valence-electron chi connectivity index (χ4n) is 1.12. The van der Waals surface area contributed by atoms with Crippen molar-refractivity contribution in [3.8, 4) is 5.75 Å². The zero-order valence-electron chi connectivity index (χ0n) is 6.95. The average molecular weight is 239 g/mol. The van der Waals surface area contributed by atoms with E-state index in [1.165, 1.54) is 6.20 Å². The van der Waals surface area contributed by atoms with Gasteiger partial charge >= 0.3 is 0 Å². The molecule has 1 N–H and O–H groups in total. The summed E-state index contributed by atoms with van der Waals surface area (Å²) in [5.41, 5.74) is 1.44. The molecule has 0 amide bonds. The van der Waals surface area contributed by atoms with Gasteiger partial charge in [0, 0.05) is 10.7 Å². The van der Waals surface area contributed by atoms with Crippen molar-refractivity contribution in [2.45, 2.75) is 6.92 Å². The Bertz CT molecular complexity index is 470. The third-order valence-electron chi connectivity index (χ3n) is 1.84. The second-order valence-electron chi connectivity index (χ2n) is 2.76. The van der Waals surface area contributed by atoms with Crippen LogP contribution >= 0.6 is 15.9 Å². The van der Waals surface area contributed by atoms with Crippen LogP contribution in [0, 0.1) is 6.92 Å². The lowest BCUT2D eigenvalue weighted by atomic mass is 10.2. The Labute approximate surface area is 83.6 Å². The molecule has 0 atom stereocenters. The van der Waals surface area contributed by atoms with Crippen LogP contribution in [0.1, 0.15) is 5.69 Å². The van der Waals surface area contributed by atoms with Crippen LogP contribution in [0.15, 0.2) is 22.8 Å². The van der Waals surface area contributed by atoms with Gasteiger partial charge in [-0.1, -0.05) is 0 Å². The van der Waals surface area contributed by atoms with Crippen LogP contribution in [0.4, 0.5) is 0 Å². The average Bonchev–Trinajstić information content (AvgIpc) is 2.09. The molecule has 0 aromatic carbocycles. The van der Waals surface area contributed by atoms with Gasteiger partial charge in [0.05, 0.1) is 11.1 Å². The highest BCUT2D eigenvalue weighted by molar-refractivity contribution is 9.10. The van der Waals surface area contributed by atoms with Crippen molar-refractivity contribution in [2.24, 2.45) is 0 Å². The summed E-state index contributed by atoms with van der Waals surface area (Å²) in [4.78, 5) is 8.27. The zero-order valence-corrected chi connectivity index (χ0v) is 8.54. The molecule has 0 aliphatic carbocycles. The first kappa shape index (κ1) is 8.44. The quantitative estimate of drug-likeness (QED) is 0.767. The Hall–Kier alpha value is -1.16. The molecule has 4 heteroatoms. The van der Waals surface area contributed by atoms with Gasteiger partial charge < -0.3 is 5.11 Å². The molecule has 0 aliphatic rings. The topological polar surface area (TPSA) is 46.0 Å². The van der Waals surface area contributed by atoms with E-state index in [2.05, 4.69) is 25.9 Å². The summed E-state index contributed by atoms with van der Waals surface area (Å²) in [5.74, 6) is 0.207. The molecule has 0 fully saturated rings. The van der Waals surface area contributed by atoms with Crippen LogP contribution in [0.5, 0.6) is 5.75 Å². The fourth-order valence-corrected chi connectivity index (χ4v) is 1.44. The lowest BCUT2D eigenvalue weighted by Gasteiger charge is -2.01. The molecular weight excluding hydrogens is 232 g/mol. The maximum atomic E-state index is 9.49. The minimum Gasteiger partial charge on any atom is -0.507 e. The molecule has 66 valence electrons. The van der Waals surface area contributed by atoms with Gasteiger partial charge in [-0.3, -0.25) is 0 Å². The molecule has 2 rings (SSSR count). The van der Waals surface area contributed by atoms with E-state index >= 15 is 0 Å². The second-order valence-corrected chi connectivity index (χ2v) is 3.61. The van der Waals surface area contributed by atoms with Crippen LogP contribution in [0.25, 0.3) is 11.0 Å². The first-order chi connectivity index (χ1) is 6.18. The van der Waals surface area contributed by atoms with E-state index in [1.807, 2.05) is 13.0 Å². The van der Waals surface area contributed by atoms with Crippen molar-refractivity contribution in [1.29, 1.82) is 0 Å². The molecule has 0 radical (unpaired) electrons. The summed E-state index contributed by atoms with van der Waals surface area (Å²) in [7, 11) is 0. The summed E-state index contributed by atoms with van der Waals surface area (Å²) < 4.78 is 0.878. The van der Waals surface area contributed by atoms with Gasteiger partial charge in [-0.25, -0.2) is 9.97 Å². The number of hydrogen-bond acceptors (Lipinski definition) is 3. The molecule has 0 unspecified atom stereocenters. The molecule has 0 bridgehead atoms. The van der Waals surface area contributed by atoms with Crippen LogP contribution in [-0.2, 0) is 0 Å². The largest absolute Gasteiger partial charge is 0.507 e. The van der Waals surface area contributed by atoms with Gasteiger partial charge in [-0.15, -0.1) is 0 Å². The summed E-state index contributed by atoms with van der Waals surface area (Å²) in [6.07, 6.45) is 1.54. The maximum absolute atomic E-state index is 9.49. The summed E-state index contributed by atoms with van der Waals surface area (Å²) >= 11 is 3.35. The summed E-state index contributed by atoms with van der Waals surface area (Å²) in [6, 6.07) is 3.37. The number of nitrogens with zero attached hydrogens (tertiary/aromatic N) is 2. The van der Waals surface area contributed by atoms with Crippen LogP contribution in [0.3, 0.4) is 0 Å². The highest BCUT2D eigenvalue weighted by atomic mass is 79.9. The molecule has 0 aliphatic heterocycles. The Morgan fingerprint density at radius 2 is 2.23 bits per heavy atom. The first-order valence-electron chi connectivity index (χ1n) is 3.79. The number of aromatic nitrogens is 2. The predicted molar refractivity (Wildman–Crippen MR) is 53.6 cm³/mol. The van der Waals surface area contributed by atoms with E-state index in [4.69, 9.17) is 0 Å². The highest BCUT2D eigenvalue weighted by Crippen LogP contribution is 2.25. The molecule has 2 aromatic rings. The van der Waals surface area contributed by atoms with Gasteiger partial charge in [-0.2, -0.15) is 0 Å². The summed E-state index contributed by atoms with van der Waals surface area (Å²) in [5, 5.41) is 10.2. The predicted octanol–water partition coefficient (Wildman–Crippen LogP) is 2.41. The Balaban J connectivity index is 2.89. The van der Waals surface area contributed by atoms with E-state index in [1.54, 1.807) is 6.07 Å². The minimum absolute atomic E-state index is 0.207. The molecule has 3 nitrogen and oxygen atoms in total. The number of rotatable bonds is 0. The Morgan fingerprint density at radius 1 is 1.46 bits per heavy atom. The second kappa shape index (κ2) is 2.96. The Kier molecular flexibility index (Phi) is 1.92. The summed E-state index contributed by atoms with van der Waals surface area (Å²) in [6.45, 7) is 1.88. The number of pyridine rings is 2. The number of halogens is 1. The van der Waals surface area contributed by atoms with Crippen molar-refractivity contribution in [3.05, 3.63) is 28.5 Å². The zero-order chi connectivity index (χ0) is 9.42. The van der Waals surface area contributed by atoms with Gasteiger partial charge in [-0.05, 0) is 35.0 Å². The SMILES string of the molecule is Cc1nc2nccc(O)c2cc1Br. The molecule has 13 heavy (non-hydrogen) atoms. The van der Waals surface area contributed by atoms with Gasteiger partial charge in [0.15, 0.2) is 5.65 Å². The lowest BCUT2D eigenvalue weighted by Crippen LogP contribution is -1.88. The minimum atomic E-state index is 0.207.